The van der Waals surface area contributed by atoms with Crippen LogP contribution in [-0.2, 0) is 4.79 Å². The van der Waals surface area contributed by atoms with Crippen molar-refractivity contribution in [3.05, 3.63) is 41.3 Å². The van der Waals surface area contributed by atoms with Crippen LogP contribution in [0.2, 0.25) is 0 Å². The number of likely N-dealkylation sites (tertiary alicyclic amines) is 1. The zero-order chi connectivity index (χ0) is 22.2. The Morgan fingerprint density at radius 1 is 1.09 bits per heavy atom. The summed E-state index contributed by atoms with van der Waals surface area (Å²) < 4.78 is 13.9. The van der Waals surface area contributed by atoms with E-state index in [0.29, 0.717) is 25.0 Å². The van der Waals surface area contributed by atoms with Gasteiger partial charge in [-0.25, -0.2) is 0 Å². The van der Waals surface area contributed by atoms with Crippen molar-refractivity contribution >= 4 is 29.0 Å². The van der Waals surface area contributed by atoms with Gasteiger partial charge < -0.3 is 14.4 Å². The molecule has 2 fully saturated rings. The van der Waals surface area contributed by atoms with Gasteiger partial charge in [-0.15, -0.1) is 21.5 Å². The van der Waals surface area contributed by atoms with Crippen LogP contribution in [0.1, 0.15) is 49.8 Å². The first-order chi connectivity index (χ1) is 16.3. The van der Waals surface area contributed by atoms with Gasteiger partial charge in [0.1, 0.15) is 0 Å². The fourth-order valence-corrected chi connectivity index (χ4v) is 6.22. The van der Waals surface area contributed by atoms with Crippen LogP contribution in [0, 0.1) is 0 Å². The molecule has 6 rings (SSSR count). The summed E-state index contributed by atoms with van der Waals surface area (Å²) in [4.78, 5) is 16.4. The van der Waals surface area contributed by atoms with E-state index in [4.69, 9.17) is 9.47 Å². The molecule has 2 aliphatic heterocycles. The molecule has 1 aliphatic carbocycles. The minimum absolute atomic E-state index is 0.0817. The van der Waals surface area contributed by atoms with E-state index in [9.17, 15) is 4.79 Å². The molecule has 0 bridgehead atoms. The Balaban J connectivity index is 1.17. The lowest BCUT2D eigenvalue weighted by Crippen LogP contribution is -2.32. The molecule has 0 spiro atoms. The number of hydrogen-bond donors (Lipinski definition) is 0. The van der Waals surface area contributed by atoms with Gasteiger partial charge in [0.15, 0.2) is 22.5 Å². The molecule has 1 saturated carbocycles. The number of thioether (sulfide) groups is 1. The number of amides is 1. The van der Waals surface area contributed by atoms with E-state index >= 15 is 0 Å². The highest BCUT2D eigenvalue weighted by Gasteiger charge is 2.33. The van der Waals surface area contributed by atoms with Crippen LogP contribution in [0.15, 0.2) is 40.9 Å². The fourth-order valence-electron chi connectivity index (χ4n) is 4.62. The minimum Gasteiger partial charge on any atom is -0.490 e. The van der Waals surface area contributed by atoms with Gasteiger partial charge in [-0.2, -0.15) is 0 Å². The molecule has 1 atom stereocenters. The van der Waals surface area contributed by atoms with E-state index in [1.807, 2.05) is 17.0 Å². The zero-order valence-electron chi connectivity index (χ0n) is 18.3. The summed E-state index contributed by atoms with van der Waals surface area (Å²) in [5, 5.41) is 11.8. The van der Waals surface area contributed by atoms with Crippen LogP contribution in [0.4, 0.5) is 0 Å². The third-order valence-electron chi connectivity index (χ3n) is 6.37. The second kappa shape index (κ2) is 9.02. The molecule has 9 heteroatoms. The van der Waals surface area contributed by atoms with Gasteiger partial charge in [0.25, 0.3) is 0 Å². The number of fused-ring (bicyclic) bond motifs is 1. The van der Waals surface area contributed by atoms with E-state index in [2.05, 4.69) is 38.3 Å². The van der Waals surface area contributed by atoms with E-state index in [1.54, 1.807) is 11.3 Å². The number of benzene rings is 1. The second-order valence-electron chi connectivity index (χ2n) is 8.68. The quantitative estimate of drug-likeness (QED) is 0.463. The van der Waals surface area contributed by atoms with Gasteiger partial charge in [0.05, 0.1) is 29.9 Å². The molecule has 0 N–H and O–H groups in total. The molecule has 3 aromatic rings. The molecule has 1 saturated heterocycles. The highest BCUT2D eigenvalue weighted by molar-refractivity contribution is 7.99. The number of ether oxygens (including phenoxy) is 2. The Labute approximate surface area is 201 Å². The third-order valence-corrected chi connectivity index (χ3v) is 8.17. The summed E-state index contributed by atoms with van der Waals surface area (Å²) in [6.45, 7) is 2.13. The molecular formula is C24H26N4O3S2. The van der Waals surface area contributed by atoms with Crippen LogP contribution in [0.3, 0.4) is 0 Å². The summed E-state index contributed by atoms with van der Waals surface area (Å²) in [6, 6.07) is 10.8. The lowest BCUT2D eigenvalue weighted by molar-refractivity contribution is -0.129. The van der Waals surface area contributed by atoms with Crippen LogP contribution in [0.25, 0.3) is 10.7 Å². The van der Waals surface area contributed by atoms with E-state index in [1.165, 1.54) is 11.8 Å². The predicted octanol–water partition coefficient (Wildman–Crippen LogP) is 4.96. The normalized spacial score (nSPS) is 20.1. The molecule has 7 nitrogen and oxygen atoms in total. The fraction of sp³-hybridized carbons (Fsp3) is 0.458. The number of rotatable bonds is 6. The van der Waals surface area contributed by atoms with Crippen molar-refractivity contribution in [1.29, 1.82) is 0 Å². The Kier molecular flexibility index (Phi) is 5.75. The molecule has 33 heavy (non-hydrogen) atoms. The average molecular weight is 483 g/mol. The van der Waals surface area contributed by atoms with Crippen molar-refractivity contribution in [2.45, 2.75) is 49.3 Å². The SMILES string of the molecule is O=C(CSc1nnc(-c2cccs2)n1C1CC1)N1CCC[C@H]1c1ccc2c(c1)OCCCO2. The zero-order valence-corrected chi connectivity index (χ0v) is 19.9. The van der Waals surface area contributed by atoms with Gasteiger partial charge >= 0.3 is 0 Å². The predicted molar refractivity (Wildman–Crippen MR) is 128 cm³/mol. The summed E-state index contributed by atoms with van der Waals surface area (Å²) in [6.07, 6.45) is 5.16. The number of carbonyl (C=O) groups is 1. The summed E-state index contributed by atoms with van der Waals surface area (Å²) in [5.74, 6) is 3.03. The standard InChI is InChI=1S/C24H26N4O3S2/c29-22(15-33-24-26-25-23(21-5-2-13-32-21)28(24)17-7-8-17)27-10-1-4-18(27)16-6-9-19-20(14-16)31-12-3-11-30-19/h2,5-6,9,13-14,17-18H,1,3-4,7-8,10-12,15H2/t18-/m0/s1. The molecule has 172 valence electrons. The minimum atomic E-state index is 0.0817. The molecular weight excluding hydrogens is 456 g/mol. The van der Waals surface area contributed by atoms with Crippen molar-refractivity contribution in [2.24, 2.45) is 0 Å². The van der Waals surface area contributed by atoms with Gasteiger partial charge in [0.2, 0.25) is 5.91 Å². The largest absolute Gasteiger partial charge is 0.490 e. The van der Waals surface area contributed by atoms with E-state index < -0.39 is 0 Å². The molecule has 2 aromatic heterocycles. The maximum atomic E-state index is 13.3. The van der Waals surface area contributed by atoms with Gasteiger partial charge in [-0.3, -0.25) is 9.36 Å². The molecule has 0 radical (unpaired) electrons. The number of aromatic nitrogens is 3. The van der Waals surface area contributed by atoms with E-state index in [-0.39, 0.29) is 11.9 Å². The van der Waals surface area contributed by atoms with Crippen LogP contribution in [0.5, 0.6) is 11.5 Å². The topological polar surface area (TPSA) is 69.5 Å². The lowest BCUT2D eigenvalue weighted by Gasteiger charge is -2.25. The van der Waals surface area contributed by atoms with Gasteiger partial charge in [-0.05, 0) is 54.8 Å². The second-order valence-corrected chi connectivity index (χ2v) is 10.6. The molecule has 1 aromatic carbocycles. The maximum Gasteiger partial charge on any atom is 0.233 e. The molecule has 0 unspecified atom stereocenters. The third kappa shape index (κ3) is 4.24. The maximum absolute atomic E-state index is 13.3. The highest BCUT2D eigenvalue weighted by atomic mass is 32.2. The Hall–Kier alpha value is -2.52. The lowest BCUT2D eigenvalue weighted by atomic mass is 10.0. The van der Waals surface area contributed by atoms with Crippen LogP contribution >= 0.6 is 23.1 Å². The smallest absolute Gasteiger partial charge is 0.233 e. The molecule has 1 amide bonds. The summed E-state index contributed by atoms with van der Waals surface area (Å²) in [5.41, 5.74) is 1.12. The van der Waals surface area contributed by atoms with Crippen LogP contribution in [-0.4, -0.2) is 51.1 Å². The van der Waals surface area contributed by atoms with Crippen molar-refractivity contribution in [2.75, 3.05) is 25.5 Å². The van der Waals surface area contributed by atoms with Crippen LogP contribution < -0.4 is 9.47 Å². The van der Waals surface area contributed by atoms with Gasteiger partial charge in [0, 0.05) is 19.0 Å². The van der Waals surface area contributed by atoms with E-state index in [0.717, 1.165) is 71.6 Å². The number of hydrogen-bond acceptors (Lipinski definition) is 7. The number of carbonyl (C=O) groups excluding carboxylic acids is 1. The summed E-state index contributed by atoms with van der Waals surface area (Å²) >= 11 is 3.18. The van der Waals surface area contributed by atoms with Gasteiger partial charge in [-0.1, -0.05) is 23.9 Å². The first-order valence-electron chi connectivity index (χ1n) is 11.6. The van der Waals surface area contributed by atoms with Crippen molar-refractivity contribution in [3.63, 3.8) is 0 Å². The Bertz CT molecular complexity index is 1140. The van der Waals surface area contributed by atoms with Crippen molar-refractivity contribution in [1.82, 2.24) is 19.7 Å². The highest BCUT2D eigenvalue weighted by Crippen LogP contribution is 2.42. The first kappa shape index (κ1) is 21.0. The molecule has 3 aliphatic rings. The van der Waals surface area contributed by atoms with Crippen molar-refractivity contribution < 1.29 is 14.3 Å². The Morgan fingerprint density at radius 2 is 1.97 bits per heavy atom. The molecule has 4 heterocycles. The summed E-state index contributed by atoms with van der Waals surface area (Å²) in [7, 11) is 0. The monoisotopic (exact) mass is 482 g/mol. The Morgan fingerprint density at radius 3 is 2.79 bits per heavy atom. The van der Waals surface area contributed by atoms with Crippen molar-refractivity contribution in [3.8, 4) is 22.2 Å². The first-order valence-corrected chi connectivity index (χ1v) is 13.4. The average Bonchev–Trinajstić information content (AvgIpc) is 3.21. The number of thiophene rings is 1. The number of nitrogens with zero attached hydrogens (tertiary/aromatic N) is 4.